The van der Waals surface area contributed by atoms with E-state index in [2.05, 4.69) is 34.1 Å². The van der Waals surface area contributed by atoms with Crippen LogP contribution < -0.4 is 0 Å². The third kappa shape index (κ3) is 2.08. The zero-order chi connectivity index (χ0) is 13.4. The van der Waals surface area contributed by atoms with Gasteiger partial charge in [-0.2, -0.15) is 0 Å². The Hall–Kier alpha value is -1.61. The van der Waals surface area contributed by atoms with Crippen molar-refractivity contribution >= 4 is 21.9 Å². The zero-order valence-corrected chi connectivity index (χ0v) is 12.1. The molecule has 0 saturated heterocycles. The summed E-state index contributed by atoms with van der Waals surface area (Å²) in [4.78, 5) is 11.3. The van der Waals surface area contributed by atoms with Crippen molar-refractivity contribution in [1.82, 2.24) is 0 Å². The number of alkyl halides is 1. The Kier molecular flexibility index (Phi) is 3.15. The minimum Gasteiger partial charge on any atom is -0.456 e. The molecule has 96 valence electrons. The zero-order valence-electron chi connectivity index (χ0n) is 10.5. The van der Waals surface area contributed by atoms with Crippen molar-refractivity contribution in [3.05, 3.63) is 59.7 Å². The fourth-order valence-corrected chi connectivity index (χ4v) is 3.39. The molecule has 2 nitrogen and oxygen atoms in total. The van der Waals surface area contributed by atoms with Gasteiger partial charge in [0.15, 0.2) is 0 Å². The van der Waals surface area contributed by atoms with E-state index < -0.39 is 0 Å². The minimum atomic E-state index is -0.274. The first-order chi connectivity index (χ1) is 9.18. The van der Waals surface area contributed by atoms with Crippen molar-refractivity contribution < 1.29 is 9.53 Å². The standard InChI is InChI=1S/C16H13BrO2/c1-10(18)19-16-14-9-5-3-7-12(14)11-6-2-4-8-13(11)15(16)17/h2-9,15-16H,1H3. The Morgan fingerprint density at radius 3 is 2.16 bits per heavy atom. The number of fused-ring (bicyclic) bond motifs is 3. The predicted molar refractivity (Wildman–Crippen MR) is 78.1 cm³/mol. The molecule has 2 aromatic rings. The Labute approximate surface area is 120 Å². The van der Waals surface area contributed by atoms with Crippen LogP contribution in [0.3, 0.4) is 0 Å². The van der Waals surface area contributed by atoms with Gasteiger partial charge in [-0.25, -0.2) is 0 Å². The van der Waals surface area contributed by atoms with E-state index in [1.165, 1.54) is 12.5 Å². The summed E-state index contributed by atoms with van der Waals surface area (Å²) in [6.45, 7) is 1.45. The van der Waals surface area contributed by atoms with Crippen LogP contribution in [0.5, 0.6) is 0 Å². The maximum atomic E-state index is 11.3. The van der Waals surface area contributed by atoms with Crippen LogP contribution in [-0.4, -0.2) is 5.97 Å². The first-order valence-electron chi connectivity index (χ1n) is 6.18. The molecule has 0 saturated carbocycles. The molecule has 2 unspecified atom stereocenters. The number of hydrogen-bond acceptors (Lipinski definition) is 2. The van der Waals surface area contributed by atoms with E-state index in [1.54, 1.807) is 0 Å². The van der Waals surface area contributed by atoms with Crippen LogP contribution >= 0.6 is 15.9 Å². The molecule has 1 aliphatic rings. The molecule has 0 N–H and O–H groups in total. The SMILES string of the molecule is CC(=O)OC1c2ccccc2-c2ccccc2C1Br. The minimum absolute atomic E-state index is 0.0116. The van der Waals surface area contributed by atoms with Crippen LogP contribution in [-0.2, 0) is 9.53 Å². The van der Waals surface area contributed by atoms with Crippen LogP contribution in [0.4, 0.5) is 0 Å². The van der Waals surface area contributed by atoms with Crippen molar-refractivity contribution in [1.29, 1.82) is 0 Å². The smallest absolute Gasteiger partial charge is 0.303 e. The lowest BCUT2D eigenvalue weighted by atomic mass is 9.84. The van der Waals surface area contributed by atoms with Gasteiger partial charge < -0.3 is 4.74 Å². The highest BCUT2D eigenvalue weighted by atomic mass is 79.9. The van der Waals surface area contributed by atoms with Gasteiger partial charge in [-0.15, -0.1) is 0 Å². The molecule has 0 fully saturated rings. The second-order valence-electron chi connectivity index (χ2n) is 4.61. The van der Waals surface area contributed by atoms with E-state index in [1.807, 2.05) is 30.3 Å². The summed E-state index contributed by atoms with van der Waals surface area (Å²) in [6.07, 6.45) is -0.274. The molecule has 0 spiro atoms. The van der Waals surface area contributed by atoms with Gasteiger partial charge >= 0.3 is 5.97 Å². The van der Waals surface area contributed by atoms with Gasteiger partial charge in [-0.1, -0.05) is 64.5 Å². The number of benzene rings is 2. The molecular formula is C16H13BrO2. The molecule has 0 amide bonds. The van der Waals surface area contributed by atoms with Crippen molar-refractivity contribution in [3.63, 3.8) is 0 Å². The molecule has 0 heterocycles. The summed E-state index contributed by atoms with van der Waals surface area (Å²) in [5.74, 6) is -0.261. The molecule has 2 atom stereocenters. The molecular weight excluding hydrogens is 304 g/mol. The Morgan fingerprint density at radius 1 is 1.00 bits per heavy atom. The fraction of sp³-hybridized carbons (Fsp3) is 0.188. The third-order valence-electron chi connectivity index (χ3n) is 3.37. The first kappa shape index (κ1) is 12.4. The number of rotatable bonds is 1. The number of halogens is 1. The van der Waals surface area contributed by atoms with Crippen LogP contribution in [0.2, 0.25) is 0 Å². The van der Waals surface area contributed by atoms with E-state index in [9.17, 15) is 4.79 Å². The molecule has 19 heavy (non-hydrogen) atoms. The average Bonchev–Trinajstić information content (AvgIpc) is 2.43. The summed E-state index contributed by atoms with van der Waals surface area (Å²) in [5, 5.41) is 0. The quantitative estimate of drug-likeness (QED) is 0.575. The van der Waals surface area contributed by atoms with Gasteiger partial charge in [-0.05, 0) is 16.7 Å². The van der Waals surface area contributed by atoms with Crippen LogP contribution in [0.25, 0.3) is 11.1 Å². The summed E-state index contributed by atoms with van der Waals surface area (Å²) in [6, 6.07) is 16.3. The molecule has 0 aliphatic heterocycles. The molecule has 1 aliphatic carbocycles. The normalized spacial score (nSPS) is 20.3. The van der Waals surface area contributed by atoms with Crippen molar-refractivity contribution in [2.45, 2.75) is 17.9 Å². The van der Waals surface area contributed by atoms with E-state index in [0.717, 1.165) is 16.7 Å². The second-order valence-corrected chi connectivity index (χ2v) is 5.59. The van der Waals surface area contributed by atoms with Gasteiger partial charge in [0, 0.05) is 12.5 Å². The van der Waals surface area contributed by atoms with E-state index in [4.69, 9.17) is 4.74 Å². The van der Waals surface area contributed by atoms with Crippen LogP contribution in [0.1, 0.15) is 29.0 Å². The Balaban J connectivity index is 2.20. The lowest BCUT2D eigenvalue weighted by Gasteiger charge is -2.31. The topological polar surface area (TPSA) is 26.3 Å². The van der Waals surface area contributed by atoms with Crippen molar-refractivity contribution in [2.75, 3.05) is 0 Å². The highest BCUT2D eigenvalue weighted by Gasteiger charge is 2.33. The maximum absolute atomic E-state index is 11.3. The lowest BCUT2D eigenvalue weighted by Crippen LogP contribution is -2.18. The number of carbonyl (C=O) groups excluding carboxylic acids is 1. The van der Waals surface area contributed by atoms with Crippen LogP contribution in [0.15, 0.2) is 48.5 Å². The predicted octanol–water partition coefficient (Wildman–Crippen LogP) is 4.41. The van der Waals surface area contributed by atoms with Gasteiger partial charge in [0.1, 0.15) is 6.10 Å². The maximum Gasteiger partial charge on any atom is 0.303 e. The Bertz CT molecular complexity index is 636. The average molecular weight is 317 g/mol. The molecule has 2 aromatic carbocycles. The highest BCUT2D eigenvalue weighted by molar-refractivity contribution is 9.09. The largest absolute Gasteiger partial charge is 0.456 e. The first-order valence-corrected chi connectivity index (χ1v) is 7.09. The Morgan fingerprint density at radius 2 is 1.53 bits per heavy atom. The van der Waals surface area contributed by atoms with Gasteiger partial charge in [0.2, 0.25) is 0 Å². The number of esters is 1. The van der Waals surface area contributed by atoms with Crippen molar-refractivity contribution in [2.24, 2.45) is 0 Å². The van der Waals surface area contributed by atoms with Crippen molar-refractivity contribution in [3.8, 4) is 11.1 Å². The summed E-state index contributed by atoms with van der Waals surface area (Å²) >= 11 is 3.67. The molecule has 3 rings (SSSR count). The molecule has 0 bridgehead atoms. The van der Waals surface area contributed by atoms with E-state index in [0.29, 0.717) is 0 Å². The molecule has 0 radical (unpaired) electrons. The van der Waals surface area contributed by atoms with Gasteiger partial charge in [0.25, 0.3) is 0 Å². The second kappa shape index (κ2) is 4.82. The third-order valence-corrected chi connectivity index (χ3v) is 4.35. The molecule has 3 heteroatoms. The number of carbonyl (C=O) groups is 1. The number of hydrogen-bond donors (Lipinski definition) is 0. The van der Waals surface area contributed by atoms with Crippen LogP contribution in [0, 0.1) is 0 Å². The van der Waals surface area contributed by atoms with Gasteiger partial charge in [-0.3, -0.25) is 4.79 Å². The lowest BCUT2D eigenvalue weighted by molar-refractivity contribution is -0.146. The summed E-state index contributed by atoms with van der Waals surface area (Å²) in [5.41, 5.74) is 4.55. The van der Waals surface area contributed by atoms with E-state index >= 15 is 0 Å². The number of ether oxygens (including phenoxy) is 1. The summed E-state index contributed by atoms with van der Waals surface area (Å²) in [7, 11) is 0. The summed E-state index contributed by atoms with van der Waals surface area (Å²) < 4.78 is 5.50. The monoisotopic (exact) mass is 316 g/mol. The fourth-order valence-electron chi connectivity index (χ4n) is 2.60. The highest BCUT2D eigenvalue weighted by Crippen LogP contribution is 2.49. The van der Waals surface area contributed by atoms with E-state index in [-0.39, 0.29) is 16.9 Å². The van der Waals surface area contributed by atoms with Gasteiger partial charge in [0.05, 0.1) is 4.83 Å². The molecule has 0 aromatic heterocycles.